The van der Waals surface area contributed by atoms with Crippen molar-refractivity contribution in [1.29, 1.82) is 0 Å². The molecule has 4 rings (SSSR count). The summed E-state index contributed by atoms with van der Waals surface area (Å²) in [6, 6.07) is 8.00. The topological polar surface area (TPSA) is 78.8 Å². The van der Waals surface area contributed by atoms with Crippen molar-refractivity contribution in [2.45, 2.75) is 46.5 Å². The van der Waals surface area contributed by atoms with Crippen LogP contribution in [0.1, 0.15) is 46.5 Å². The second-order valence-electron chi connectivity index (χ2n) is 8.16. The highest BCUT2D eigenvalue weighted by atomic mass is 15.4. The van der Waals surface area contributed by atoms with Crippen molar-refractivity contribution in [3.8, 4) is 0 Å². The number of H-pyrrole nitrogens is 1. The van der Waals surface area contributed by atoms with Crippen LogP contribution < -0.4 is 5.43 Å². The van der Waals surface area contributed by atoms with Gasteiger partial charge in [0.15, 0.2) is 5.65 Å². The van der Waals surface area contributed by atoms with Crippen molar-refractivity contribution >= 4 is 34.2 Å². The molecule has 0 fully saturated rings. The van der Waals surface area contributed by atoms with Crippen LogP contribution in [0.4, 0.5) is 5.95 Å². The standard InChI is InChI=1S/C23H28N6/c1-15(2)7-6-8-17-11-12-18(16(3)13-17)14-24-28-23-26-22-21(27-29-23)19-9-4-5-10-20(19)25-22/h4-5,7,9-11,14,16,18H,6,8,12-13H2,1-3H3,(H2,25,26,28,29)/b24-14+. The highest BCUT2D eigenvalue weighted by molar-refractivity contribution is 6.03. The van der Waals surface area contributed by atoms with Gasteiger partial charge in [-0.15, -0.1) is 10.2 Å². The van der Waals surface area contributed by atoms with Crippen molar-refractivity contribution in [2.75, 3.05) is 5.43 Å². The van der Waals surface area contributed by atoms with Gasteiger partial charge < -0.3 is 4.98 Å². The predicted molar refractivity (Wildman–Crippen MR) is 120 cm³/mol. The fraction of sp³-hybridized carbons (Fsp3) is 0.391. The number of anilines is 1. The maximum absolute atomic E-state index is 4.50. The van der Waals surface area contributed by atoms with E-state index >= 15 is 0 Å². The molecule has 3 aromatic rings. The lowest BCUT2D eigenvalue weighted by molar-refractivity contribution is 0.431. The Morgan fingerprint density at radius 1 is 1.28 bits per heavy atom. The molecule has 2 unspecified atom stereocenters. The Morgan fingerprint density at radius 3 is 2.97 bits per heavy atom. The van der Waals surface area contributed by atoms with Crippen molar-refractivity contribution in [1.82, 2.24) is 20.2 Å². The molecule has 0 amide bonds. The van der Waals surface area contributed by atoms with E-state index in [9.17, 15) is 0 Å². The molecule has 1 aliphatic rings. The van der Waals surface area contributed by atoms with E-state index in [1.54, 1.807) is 5.57 Å². The van der Waals surface area contributed by atoms with E-state index in [0.29, 0.717) is 23.4 Å². The molecular weight excluding hydrogens is 360 g/mol. The predicted octanol–water partition coefficient (Wildman–Crippen LogP) is 5.62. The monoisotopic (exact) mass is 388 g/mol. The third-order valence-electron chi connectivity index (χ3n) is 5.56. The van der Waals surface area contributed by atoms with Gasteiger partial charge in [0.1, 0.15) is 5.52 Å². The number of rotatable bonds is 6. The summed E-state index contributed by atoms with van der Waals surface area (Å²) < 4.78 is 0. The third kappa shape index (κ3) is 4.53. The Kier molecular flexibility index (Phi) is 5.69. The Labute approximate surface area is 171 Å². The van der Waals surface area contributed by atoms with E-state index in [2.05, 4.69) is 63.6 Å². The second kappa shape index (κ2) is 8.55. The average molecular weight is 389 g/mol. The number of aromatic amines is 1. The number of allylic oxidation sites excluding steroid dienone is 4. The summed E-state index contributed by atoms with van der Waals surface area (Å²) in [6.07, 6.45) is 11.2. The fourth-order valence-electron chi connectivity index (χ4n) is 3.90. The highest BCUT2D eigenvalue weighted by Crippen LogP contribution is 2.30. The molecule has 0 saturated heterocycles. The molecule has 0 saturated carbocycles. The maximum Gasteiger partial charge on any atom is 0.265 e. The SMILES string of the molecule is CC(C)=CCCC1=CCC(/C=N/Nc2nnc3c(n2)[nH]c2ccccc23)C(C)C1. The molecule has 2 N–H and O–H groups in total. The number of hydrogen-bond donors (Lipinski definition) is 2. The zero-order chi connectivity index (χ0) is 20.2. The molecule has 2 atom stereocenters. The zero-order valence-electron chi connectivity index (χ0n) is 17.3. The number of hydrogen-bond acceptors (Lipinski definition) is 5. The van der Waals surface area contributed by atoms with E-state index in [4.69, 9.17) is 0 Å². The van der Waals surface area contributed by atoms with Crippen LogP contribution in [0.25, 0.3) is 22.1 Å². The minimum atomic E-state index is 0.404. The van der Waals surface area contributed by atoms with Gasteiger partial charge in [-0.05, 0) is 51.5 Å². The summed E-state index contributed by atoms with van der Waals surface area (Å²) in [4.78, 5) is 7.78. The van der Waals surface area contributed by atoms with Gasteiger partial charge in [0, 0.05) is 23.0 Å². The van der Waals surface area contributed by atoms with Crippen molar-refractivity contribution < 1.29 is 0 Å². The average Bonchev–Trinajstić information content (AvgIpc) is 3.07. The largest absolute Gasteiger partial charge is 0.338 e. The number of aromatic nitrogens is 4. The Bertz CT molecular complexity index is 1090. The van der Waals surface area contributed by atoms with Gasteiger partial charge in [0.2, 0.25) is 0 Å². The second-order valence-corrected chi connectivity index (χ2v) is 8.16. The zero-order valence-corrected chi connectivity index (χ0v) is 17.3. The molecule has 1 aliphatic carbocycles. The molecule has 0 bridgehead atoms. The quantitative estimate of drug-likeness (QED) is 0.326. The lowest BCUT2D eigenvalue weighted by Crippen LogP contribution is -2.18. The summed E-state index contributed by atoms with van der Waals surface area (Å²) >= 11 is 0. The lowest BCUT2D eigenvalue weighted by Gasteiger charge is -2.25. The third-order valence-corrected chi connectivity index (χ3v) is 5.56. The van der Waals surface area contributed by atoms with Crippen LogP contribution in [0.15, 0.2) is 52.7 Å². The fourth-order valence-corrected chi connectivity index (χ4v) is 3.90. The van der Waals surface area contributed by atoms with Crippen molar-refractivity contribution in [3.63, 3.8) is 0 Å². The van der Waals surface area contributed by atoms with Crippen molar-refractivity contribution in [2.24, 2.45) is 16.9 Å². The molecule has 0 aliphatic heterocycles. The van der Waals surface area contributed by atoms with Gasteiger partial charge in [0.05, 0.1) is 0 Å². The number of nitrogens with zero attached hydrogens (tertiary/aromatic N) is 4. The number of hydrazone groups is 1. The summed E-state index contributed by atoms with van der Waals surface area (Å²) in [6.45, 7) is 6.62. The summed E-state index contributed by atoms with van der Waals surface area (Å²) in [5.74, 6) is 1.42. The Morgan fingerprint density at radius 2 is 2.14 bits per heavy atom. The van der Waals surface area contributed by atoms with Crippen LogP contribution >= 0.6 is 0 Å². The van der Waals surface area contributed by atoms with E-state index < -0.39 is 0 Å². The van der Waals surface area contributed by atoms with Gasteiger partial charge in [0.25, 0.3) is 5.95 Å². The van der Waals surface area contributed by atoms with Crippen LogP contribution in [0.5, 0.6) is 0 Å². The first-order chi connectivity index (χ1) is 14.1. The number of nitrogens with one attached hydrogen (secondary N) is 2. The molecule has 0 radical (unpaired) electrons. The van der Waals surface area contributed by atoms with E-state index in [1.165, 1.54) is 12.0 Å². The summed E-state index contributed by atoms with van der Waals surface area (Å²) in [5.41, 5.74) is 8.42. The number of para-hydroxylation sites is 1. The minimum absolute atomic E-state index is 0.404. The van der Waals surface area contributed by atoms with Crippen LogP contribution in [0.2, 0.25) is 0 Å². The first-order valence-electron chi connectivity index (χ1n) is 10.3. The normalized spacial score (nSPS) is 19.6. The molecule has 150 valence electrons. The molecule has 6 heteroatoms. The molecular formula is C23H28N6. The van der Waals surface area contributed by atoms with E-state index in [0.717, 1.165) is 35.7 Å². The number of benzene rings is 1. The summed E-state index contributed by atoms with van der Waals surface area (Å²) in [7, 11) is 0. The molecule has 2 heterocycles. The van der Waals surface area contributed by atoms with Gasteiger partial charge in [-0.3, -0.25) is 0 Å². The highest BCUT2D eigenvalue weighted by Gasteiger charge is 2.20. The van der Waals surface area contributed by atoms with Crippen LogP contribution in [-0.2, 0) is 0 Å². The molecule has 29 heavy (non-hydrogen) atoms. The molecule has 0 spiro atoms. The number of fused-ring (bicyclic) bond motifs is 3. The van der Waals surface area contributed by atoms with Gasteiger partial charge in [-0.25, -0.2) is 5.43 Å². The first-order valence-corrected chi connectivity index (χ1v) is 10.3. The first kappa shape index (κ1) is 19.3. The van der Waals surface area contributed by atoms with E-state index in [-0.39, 0.29) is 0 Å². The van der Waals surface area contributed by atoms with Gasteiger partial charge in [-0.2, -0.15) is 10.1 Å². The lowest BCUT2D eigenvalue weighted by atomic mass is 9.80. The van der Waals surface area contributed by atoms with Crippen LogP contribution in [-0.4, -0.2) is 26.4 Å². The van der Waals surface area contributed by atoms with Gasteiger partial charge in [-0.1, -0.05) is 48.4 Å². The van der Waals surface area contributed by atoms with Crippen LogP contribution in [0, 0.1) is 11.8 Å². The van der Waals surface area contributed by atoms with Crippen molar-refractivity contribution in [3.05, 3.63) is 47.6 Å². The maximum atomic E-state index is 4.50. The molecule has 6 nitrogen and oxygen atoms in total. The Balaban J connectivity index is 1.38. The van der Waals surface area contributed by atoms with Crippen LogP contribution in [0.3, 0.4) is 0 Å². The van der Waals surface area contributed by atoms with Gasteiger partial charge >= 0.3 is 0 Å². The minimum Gasteiger partial charge on any atom is -0.338 e. The summed E-state index contributed by atoms with van der Waals surface area (Å²) in [5, 5.41) is 13.9. The molecule has 1 aromatic carbocycles. The Hall–Kier alpha value is -3.02. The van der Waals surface area contributed by atoms with E-state index in [1.807, 2.05) is 30.5 Å². The smallest absolute Gasteiger partial charge is 0.265 e. The molecule has 2 aromatic heterocycles.